The van der Waals surface area contributed by atoms with E-state index in [-0.39, 0.29) is 6.42 Å². The van der Waals surface area contributed by atoms with Crippen LogP contribution in [-0.4, -0.2) is 21.7 Å². The molecule has 0 aliphatic carbocycles. The molecular weight excluding hydrogens is 176 g/mol. The Hall–Kier alpha value is -0.970. The molecule has 1 rings (SSSR count). The van der Waals surface area contributed by atoms with Gasteiger partial charge in [-0.2, -0.15) is 5.10 Å². The van der Waals surface area contributed by atoms with Gasteiger partial charge in [0.1, 0.15) is 0 Å². The van der Waals surface area contributed by atoms with E-state index in [9.17, 15) is 8.78 Å². The molecule has 2 N–H and O–H groups in total. The Morgan fingerprint density at radius 1 is 1.69 bits per heavy atom. The van der Waals surface area contributed by atoms with Crippen LogP contribution in [0.25, 0.3) is 0 Å². The van der Waals surface area contributed by atoms with Crippen molar-refractivity contribution in [3.05, 3.63) is 18.0 Å². The Bertz CT molecular complexity index is 281. The van der Waals surface area contributed by atoms with Gasteiger partial charge in [-0.25, -0.2) is 8.78 Å². The molecular formula is C8H13F2N3. The summed E-state index contributed by atoms with van der Waals surface area (Å²) in [5, 5.41) is 3.88. The smallest absolute Gasteiger partial charge is 0.256 e. The lowest BCUT2D eigenvalue weighted by molar-refractivity contribution is 0.0639. The van der Waals surface area contributed by atoms with Crippen LogP contribution in [0.2, 0.25) is 0 Å². The minimum absolute atomic E-state index is 0.137. The third kappa shape index (κ3) is 2.48. The van der Waals surface area contributed by atoms with Crippen molar-refractivity contribution in [3.63, 3.8) is 0 Å². The molecule has 0 aliphatic heterocycles. The van der Waals surface area contributed by atoms with Gasteiger partial charge in [0.05, 0.1) is 11.7 Å². The van der Waals surface area contributed by atoms with E-state index in [4.69, 9.17) is 5.73 Å². The van der Waals surface area contributed by atoms with Crippen molar-refractivity contribution < 1.29 is 8.78 Å². The highest BCUT2D eigenvalue weighted by atomic mass is 19.3. The molecule has 1 aromatic rings. The first-order valence-corrected chi connectivity index (χ1v) is 3.96. The number of nitrogens with zero attached hydrogens (tertiary/aromatic N) is 2. The second-order valence-electron chi connectivity index (χ2n) is 3.51. The van der Waals surface area contributed by atoms with Crippen LogP contribution in [0.5, 0.6) is 0 Å². The summed E-state index contributed by atoms with van der Waals surface area (Å²) < 4.78 is 26.3. The van der Waals surface area contributed by atoms with Crippen molar-refractivity contribution >= 4 is 0 Å². The summed E-state index contributed by atoms with van der Waals surface area (Å²) >= 11 is 0. The highest BCUT2D eigenvalue weighted by molar-refractivity contribution is 5.09. The molecule has 5 heteroatoms. The average Bonchev–Trinajstić information content (AvgIpc) is 2.34. The highest BCUT2D eigenvalue weighted by Gasteiger charge is 2.30. The Morgan fingerprint density at radius 2 is 2.31 bits per heavy atom. The minimum Gasteiger partial charge on any atom is -0.320 e. The van der Waals surface area contributed by atoms with E-state index in [1.807, 2.05) is 0 Å². The molecule has 0 bridgehead atoms. The minimum atomic E-state index is -2.52. The first-order chi connectivity index (χ1) is 5.92. The van der Waals surface area contributed by atoms with Crippen LogP contribution in [0.1, 0.15) is 12.5 Å². The largest absolute Gasteiger partial charge is 0.320 e. The molecule has 13 heavy (non-hydrogen) atoms. The van der Waals surface area contributed by atoms with Crippen molar-refractivity contribution in [3.8, 4) is 0 Å². The summed E-state index contributed by atoms with van der Waals surface area (Å²) in [6, 6.07) is 0. The third-order valence-corrected chi connectivity index (χ3v) is 1.84. The monoisotopic (exact) mass is 189 g/mol. The fourth-order valence-corrected chi connectivity index (χ4v) is 1.08. The molecule has 74 valence electrons. The number of hydrogen-bond donors (Lipinski definition) is 1. The first kappa shape index (κ1) is 10.1. The number of rotatable bonds is 3. The number of aryl methyl sites for hydroxylation is 1. The normalized spacial score (nSPS) is 16.2. The molecule has 0 amide bonds. The molecule has 1 aromatic heterocycles. The molecule has 0 saturated heterocycles. The molecule has 0 saturated carbocycles. The summed E-state index contributed by atoms with van der Waals surface area (Å²) in [5.74, 6) is 0. The predicted molar refractivity (Wildman–Crippen MR) is 45.5 cm³/mol. The molecule has 0 radical (unpaired) electrons. The lowest BCUT2D eigenvalue weighted by Gasteiger charge is -2.22. The molecule has 1 unspecified atom stereocenters. The number of alkyl halides is 2. The van der Waals surface area contributed by atoms with E-state index in [2.05, 4.69) is 5.10 Å². The summed E-state index contributed by atoms with van der Waals surface area (Å²) in [7, 11) is 1.74. The quantitative estimate of drug-likeness (QED) is 0.769. The van der Waals surface area contributed by atoms with E-state index in [1.165, 1.54) is 6.92 Å². The third-order valence-electron chi connectivity index (χ3n) is 1.84. The summed E-state index contributed by atoms with van der Waals surface area (Å²) in [6.07, 6.45) is 0.854. The topological polar surface area (TPSA) is 43.8 Å². The summed E-state index contributed by atoms with van der Waals surface area (Å²) in [4.78, 5) is 0. The Morgan fingerprint density at radius 3 is 2.69 bits per heavy atom. The number of aromatic nitrogens is 2. The van der Waals surface area contributed by atoms with Gasteiger partial charge >= 0.3 is 0 Å². The maximum Gasteiger partial charge on any atom is 0.256 e. The van der Waals surface area contributed by atoms with Gasteiger partial charge in [0.15, 0.2) is 0 Å². The molecule has 0 aromatic carbocycles. The SMILES string of the molecule is Cn1cc(CC(C)(N)C(F)F)cn1. The van der Waals surface area contributed by atoms with Crippen molar-refractivity contribution in [2.24, 2.45) is 12.8 Å². The Kier molecular flexibility index (Phi) is 2.66. The maximum atomic E-state index is 12.4. The van der Waals surface area contributed by atoms with Crippen molar-refractivity contribution in [2.75, 3.05) is 0 Å². The van der Waals surface area contributed by atoms with Gasteiger partial charge in [0.2, 0.25) is 0 Å². The number of halogens is 2. The van der Waals surface area contributed by atoms with Crippen LogP contribution >= 0.6 is 0 Å². The predicted octanol–water partition coefficient (Wildman–Crippen LogP) is 0.945. The standard InChI is InChI=1S/C8H13F2N3/c1-8(11,7(9)10)3-6-4-12-13(2)5-6/h4-5,7H,3,11H2,1-2H3. The van der Waals surface area contributed by atoms with Gasteiger partial charge < -0.3 is 5.73 Å². The molecule has 0 aliphatic rings. The zero-order valence-corrected chi connectivity index (χ0v) is 7.67. The molecule has 3 nitrogen and oxygen atoms in total. The second-order valence-corrected chi connectivity index (χ2v) is 3.51. The molecule has 1 heterocycles. The van der Waals surface area contributed by atoms with E-state index in [0.717, 1.165) is 5.56 Å². The van der Waals surface area contributed by atoms with E-state index in [0.29, 0.717) is 0 Å². The number of hydrogen-bond acceptors (Lipinski definition) is 2. The molecule has 0 fully saturated rings. The van der Waals surface area contributed by atoms with Gasteiger partial charge in [-0.15, -0.1) is 0 Å². The van der Waals surface area contributed by atoms with E-state index >= 15 is 0 Å². The first-order valence-electron chi connectivity index (χ1n) is 3.96. The van der Waals surface area contributed by atoms with Crippen LogP contribution in [-0.2, 0) is 13.5 Å². The molecule has 1 atom stereocenters. The second kappa shape index (κ2) is 3.41. The van der Waals surface area contributed by atoms with Gasteiger partial charge in [-0.05, 0) is 18.9 Å². The van der Waals surface area contributed by atoms with Crippen molar-refractivity contribution in [1.29, 1.82) is 0 Å². The summed E-state index contributed by atoms with van der Waals surface area (Å²) in [6.45, 7) is 1.34. The fraction of sp³-hybridized carbons (Fsp3) is 0.625. The zero-order chi connectivity index (χ0) is 10.1. The van der Waals surface area contributed by atoms with E-state index < -0.39 is 12.0 Å². The fourth-order valence-electron chi connectivity index (χ4n) is 1.08. The summed E-state index contributed by atoms with van der Waals surface area (Å²) in [5.41, 5.74) is 4.67. The van der Waals surface area contributed by atoms with Crippen LogP contribution in [0.4, 0.5) is 8.78 Å². The van der Waals surface area contributed by atoms with Crippen LogP contribution in [0, 0.1) is 0 Å². The highest BCUT2D eigenvalue weighted by Crippen LogP contribution is 2.17. The molecule has 0 spiro atoms. The maximum absolute atomic E-state index is 12.4. The van der Waals surface area contributed by atoms with Crippen molar-refractivity contribution in [2.45, 2.75) is 25.3 Å². The Balaban J connectivity index is 2.68. The van der Waals surface area contributed by atoms with Gasteiger partial charge in [0.25, 0.3) is 6.43 Å². The van der Waals surface area contributed by atoms with Gasteiger partial charge in [-0.1, -0.05) is 0 Å². The van der Waals surface area contributed by atoms with Crippen LogP contribution in [0.15, 0.2) is 12.4 Å². The van der Waals surface area contributed by atoms with Gasteiger partial charge in [-0.3, -0.25) is 4.68 Å². The number of nitrogens with two attached hydrogens (primary N) is 1. The van der Waals surface area contributed by atoms with Crippen LogP contribution in [0.3, 0.4) is 0 Å². The average molecular weight is 189 g/mol. The Labute approximate surface area is 75.5 Å². The zero-order valence-electron chi connectivity index (χ0n) is 7.67. The van der Waals surface area contributed by atoms with E-state index in [1.54, 1.807) is 24.1 Å². The van der Waals surface area contributed by atoms with Crippen molar-refractivity contribution in [1.82, 2.24) is 9.78 Å². The lowest BCUT2D eigenvalue weighted by Crippen LogP contribution is -2.45. The lowest BCUT2D eigenvalue weighted by atomic mass is 9.96. The van der Waals surface area contributed by atoms with Crippen LogP contribution < -0.4 is 5.73 Å². The van der Waals surface area contributed by atoms with Gasteiger partial charge in [0, 0.05) is 13.2 Å².